The Labute approximate surface area is 191 Å². The highest BCUT2D eigenvalue weighted by atomic mass is 16.3. The standard InChI is InChI=1S/C29H48O2/c1-7-24-27(30)18-23(21(5)28(24)31)14-13-22-12-9-17-29(6)25(15-16-26(22)29)20(4)11-8-10-19(2)3/h13-14,19-20,24-28,30-31H,5,7-12,15-18H2,1-4,6H3/b22-13+,23-14-/t20-,24-,25-,26+,27-,28-,29-/m1/s1. The molecule has 3 aliphatic carbocycles. The Morgan fingerprint density at radius 1 is 1.13 bits per heavy atom. The zero-order chi connectivity index (χ0) is 22.8. The largest absolute Gasteiger partial charge is 0.392 e. The summed E-state index contributed by atoms with van der Waals surface area (Å²) >= 11 is 0. The van der Waals surface area contributed by atoms with E-state index in [1.54, 1.807) is 5.57 Å². The molecule has 3 rings (SSSR count). The van der Waals surface area contributed by atoms with E-state index in [1.807, 2.05) is 6.92 Å². The third-order valence-electron chi connectivity index (χ3n) is 9.23. The van der Waals surface area contributed by atoms with Crippen LogP contribution in [0.25, 0.3) is 0 Å². The number of hydrogen-bond acceptors (Lipinski definition) is 2. The number of allylic oxidation sites excluding steroid dienone is 3. The van der Waals surface area contributed by atoms with Gasteiger partial charge in [0.25, 0.3) is 0 Å². The van der Waals surface area contributed by atoms with Crippen LogP contribution in [-0.4, -0.2) is 22.4 Å². The van der Waals surface area contributed by atoms with E-state index in [0.717, 1.165) is 35.3 Å². The molecule has 2 heteroatoms. The van der Waals surface area contributed by atoms with Gasteiger partial charge in [0.1, 0.15) is 0 Å². The quantitative estimate of drug-likeness (QED) is 0.449. The summed E-state index contributed by atoms with van der Waals surface area (Å²) in [5.41, 5.74) is 3.90. The zero-order valence-electron chi connectivity index (χ0n) is 20.9. The van der Waals surface area contributed by atoms with Crippen molar-refractivity contribution in [3.8, 4) is 0 Å². The first-order chi connectivity index (χ1) is 14.7. The van der Waals surface area contributed by atoms with Gasteiger partial charge in [0.15, 0.2) is 0 Å². The number of hydrogen-bond donors (Lipinski definition) is 2. The summed E-state index contributed by atoms with van der Waals surface area (Å²) in [4.78, 5) is 0. The molecule has 0 spiro atoms. The van der Waals surface area contributed by atoms with Crippen LogP contribution in [0.15, 0.2) is 35.5 Å². The molecule has 2 N–H and O–H groups in total. The van der Waals surface area contributed by atoms with Crippen LogP contribution in [-0.2, 0) is 0 Å². The molecule has 3 fully saturated rings. The molecule has 0 radical (unpaired) electrons. The normalized spacial score (nSPS) is 40.0. The van der Waals surface area contributed by atoms with Crippen molar-refractivity contribution in [1.29, 1.82) is 0 Å². The molecule has 0 aromatic rings. The molecular weight excluding hydrogens is 380 g/mol. The lowest BCUT2D eigenvalue weighted by Crippen LogP contribution is -2.38. The molecule has 3 saturated carbocycles. The van der Waals surface area contributed by atoms with E-state index in [1.165, 1.54) is 51.4 Å². The number of fused-ring (bicyclic) bond motifs is 1. The van der Waals surface area contributed by atoms with Crippen molar-refractivity contribution in [2.45, 2.75) is 111 Å². The van der Waals surface area contributed by atoms with Crippen molar-refractivity contribution in [3.63, 3.8) is 0 Å². The fourth-order valence-electron chi connectivity index (χ4n) is 7.31. The Hall–Kier alpha value is -0.860. The third kappa shape index (κ3) is 5.22. The Kier molecular flexibility index (Phi) is 8.30. The van der Waals surface area contributed by atoms with Gasteiger partial charge in [-0.25, -0.2) is 0 Å². The fraction of sp³-hybridized carbons (Fsp3) is 0.793. The molecule has 0 saturated heterocycles. The van der Waals surface area contributed by atoms with E-state index >= 15 is 0 Å². The van der Waals surface area contributed by atoms with E-state index in [4.69, 9.17) is 0 Å². The first kappa shape index (κ1) is 24.8. The monoisotopic (exact) mass is 428 g/mol. The van der Waals surface area contributed by atoms with Crippen LogP contribution in [0.4, 0.5) is 0 Å². The minimum absolute atomic E-state index is 0.0805. The van der Waals surface area contributed by atoms with Crippen LogP contribution in [0, 0.1) is 35.0 Å². The highest BCUT2D eigenvalue weighted by molar-refractivity contribution is 5.39. The minimum Gasteiger partial charge on any atom is -0.392 e. The number of rotatable bonds is 7. The van der Waals surface area contributed by atoms with Crippen LogP contribution >= 0.6 is 0 Å². The molecule has 31 heavy (non-hydrogen) atoms. The van der Waals surface area contributed by atoms with Gasteiger partial charge in [-0.05, 0) is 85.2 Å². The van der Waals surface area contributed by atoms with Gasteiger partial charge in [0.2, 0.25) is 0 Å². The van der Waals surface area contributed by atoms with E-state index in [0.29, 0.717) is 17.8 Å². The lowest BCUT2D eigenvalue weighted by molar-refractivity contribution is 0.0167. The summed E-state index contributed by atoms with van der Waals surface area (Å²) in [7, 11) is 0. The summed E-state index contributed by atoms with van der Waals surface area (Å²) in [6.07, 6.45) is 15.5. The molecule has 176 valence electrons. The molecule has 2 nitrogen and oxygen atoms in total. The Morgan fingerprint density at radius 2 is 1.87 bits per heavy atom. The van der Waals surface area contributed by atoms with Gasteiger partial charge in [-0.1, -0.05) is 78.2 Å². The molecule has 0 aliphatic heterocycles. The second kappa shape index (κ2) is 10.4. The Morgan fingerprint density at radius 3 is 2.55 bits per heavy atom. The molecular formula is C29H48O2. The van der Waals surface area contributed by atoms with Crippen molar-refractivity contribution in [2.24, 2.45) is 35.0 Å². The van der Waals surface area contributed by atoms with Gasteiger partial charge in [0.05, 0.1) is 12.2 Å². The van der Waals surface area contributed by atoms with Gasteiger partial charge < -0.3 is 10.2 Å². The molecule has 0 aromatic heterocycles. The second-order valence-corrected chi connectivity index (χ2v) is 11.6. The van der Waals surface area contributed by atoms with E-state index in [9.17, 15) is 10.2 Å². The fourth-order valence-corrected chi connectivity index (χ4v) is 7.31. The second-order valence-electron chi connectivity index (χ2n) is 11.6. The summed E-state index contributed by atoms with van der Waals surface area (Å²) in [5.74, 6) is 3.10. The van der Waals surface area contributed by atoms with Crippen molar-refractivity contribution >= 4 is 0 Å². The van der Waals surface area contributed by atoms with Gasteiger partial charge in [-0.15, -0.1) is 0 Å². The number of aliphatic hydroxyl groups excluding tert-OH is 2. The Balaban J connectivity index is 1.72. The van der Waals surface area contributed by atoms with Crippen LogP contribution in [0.2, 0.25) is 0 Å². The maximum atomic E-state index is 10.6. The average Bonchev–Trinajstić information content (AvgIpc) is 3.07. The first-order valence-corrected chi connectivity index (χ1v) is 13.1. The third-order valence-corrected chi connectivity index (χ3v) is 9.23. The molecule has 0 amide bonds. The highest BCUT2D eigenvalue weighted by Crippen LogP contribution is 2.60. The van der Waals surface area contributed by atoms with Crippen molar-refractivity contribution in [2.75, 3.05) is 0 Å². The number of aliphatic hydroxyl groups is 2. The SMILES string of the molecule is C=C1/C(=C\C=C2/CCC[C@]3(C)[C@@H]([C@H](C)CCCC(C)C)CC[C@@H]23)C[C@@H](O)[C@@H](CC)[C@@H]1O. The maximum Gasteiger partial charge on any atom is 0.0839 e. The molecule has 0 aromatic carbocycles. The smallest absolute Gasteiger partial charge is 0.0839 e. The summed E-state index contributed by atoms with van der Waals surface area (Å²) in [6.45, 7) is 16.0. The van der Waals surface area contributed by atoms with Gasteiger partial charge >= 0.3 is 0 Å². The van der Waals surface area contributed by atoms with Crippen molar-refractivity contribution < 1.29 is 10.2 Å². The van der Waals surface area contributed by atoms with Crippen LogP contribution in [0.5, 0.6) is 0 Å². The lowest BCUT2D eigenvalue weighted by atomic mass is 9.60. The molecule has 3 aliphatic rings. The predicted molar refractivity (Wildman–Crippen MR) is 132 cm³/mol. The lowest BCUT2D eigenvalue weighted by Gasteiger charge is -2.44. The highest BCUT2D eigenvalue weighted by Gasteiger charge is 2.50. The zero-order valence-corrected chi connectivity index (χ0v) is 20.9. The van der Waals surface area contributed by atoms with Crippen molar-refractivity contribution in [1.82, 2.24) is 0 Å². The minimum atomic E-state index is -0.613. The molecule has 0 heterocycles. The summed E-state index contributed by atoms with van der Waals surface area (Å²) in [6, 6.07) is 0. The topological polar surface area (TPSA) is 40.5 Å². The Bertz CT molecular complexity index is 687. The first-order valence-electron chi connectivity index (χ1n) is 13.1. The summed E-state index contributed by atoms with van der Waals surface area (Å²) in [5, 5.41) is 21.1. The predicted octanol–water partition coefficient (Wildman–Crippen LogP) is 7.23. The van der Waals surface area contributed by atoms with Crippen LogP contribution in [0.1, 0.15) is 98.8 Å². The van der Waals surface area contributed by atoms with E-state index < -0.39 is 12.2 Å². The molecule has 0 bridgehead atoms. The van der Waals surface area contributed by atoms with Gasteiger partial charge in [0, 0.05) is 5.92 Å². The van der Waals surface area contributed by atoms with Gasteiger partial charge in [-0.2, -0.15) is 0 Å². The van der Waals surface area contributed by atoms with Crippen molar-refractivity contribution in [3.05, 3.63) is 35.5 Å². The van der Waals surface area contributed by atoms with Crippen LogP contribution in [0.3, 0.4) is 0 Å². The van der Waals surface area contributed by atoms with E-state index in [2.05, 4.69) is 46.4 Å². The average molecular weight is 429 g/mol. The van der Waals surface area contributed by atoms with Crippen LogP contribution < -0.4 is 0 Å². The molecule has 7 atom stereocenters. The van der Waals surface area contributed by atoms with E-state index in [-0.39, 0.29) is 5.92 Å². The molecule has 0 unspecified atom stereocenters. The maximum absolute atomic E-state index is 10.6. The van der Waals surface area contributed by atoms with Gasteiger partial charge in [-0.3, -0.25) is 0 Å². The summed E-state index contributed by atoms with van der Waals surface area (Å²) < 4.78 is 0.